The van der Waals surface area contributed by atoms with Crippen molar-refractivity contribution in [1.29, 1.82) is 0 Å². The molecule has 2 amide bonds. The van der Waals surface area contributed by atoms with Crippen LogP contribution < -0.4 is 9.62 Å². The maximum absolute atomic E-state index is 14.0. The SMILES string of the molecule is CCNC(=O)C(CC)N(Cc1ccc(Cl)cc1Cl)C(=O)CN(c1cc(Cl)ccc1Cl)S(=O)(=O)c1ccccc1. The molecule has 0 saturated heterocycles. The van der Waals surface area contributed by atoms with Gasteiger partial charge in [0.15, 0.2) is 0 Å². The second kappa shape index (κ2) is 13.7. The van der Waals surface area contributed by atoms with Crippen LogP contribution in [0.5, 0.6) is 0 Å². The number of hydrogen-bond acceptors (Lipinski definition) is 4. The van der Waals surface area contributed by atoms with Crippen LogP contribution in [0, 0.1) is 0 Å². The molecule has 0 radical (unpaired) electrons. The number of anilines is 1. The Bertz CT molecular complexity index is 1440. The van der Waals surface area contributed by atoms with E-state index in [4.69, 9.17) is 46.4 Å². The van der Waals surface area contributed by atoms with E-state index in [0.29, 0.717) is 22.2 Å². The van der Waals surface area contributed by atoms with Gasteiger partial charge in [-0.1, -0.05) is 77.6 Å². The van der Waals surface area contributed by atoms with Gasteiger partial charge in [-0.15, -0.1) is 0 Å². The van der Waals surface area contributed by atoms with Gasteiger partial charge in [0, 0.05) is 28.2 Å². The van der Waals surface area contributed by atoms with Gasteiger partial charge in [0.1, 0.15) is 12.6 Å². The summed E-state index contributed by atoms with van der Waals surface area (Å²) >= 11 is 25.0. The molecule has 0 fully saturated rings. The summed E-state index contributed by atoms with van der Waals surface area (Å²) in [6.07, 6.45) is 0.270. The molecule has 0 saturated carbocycles. The Labute approximate surface area is 248 Å². The molecule has 0 aliphatic rings. The number of benzene rings is 3. The van der Waals surface area contributed by atoms with Gasteiger partial charge in [-0.2, -0.15) is 0 Å². The van der Waals surface area contributed by atoms with Gasteiger partial charge in [-0.25, -0.2) is 8.42 Å². The van der Waals surface area contributed by atoms with E-state index in [0.717, 1.165) is 4.31 Å². The van der Waals surface area contributed by atoms with Gasteiger partial charge in [0.2, 0.25) is 11.8 Å². The zero-order valence-electron chi connectivity index (χ0n) is 21.2. The van der Waals surface area contributed by atoms with E-state index in [-0.39, 0.29) is 39.5 Å². The average Bonchev–Trinajstić information content (AvgIpc) is 2.90. The highest BCUT2D eigenvalue weighted by Crippen LogP contribution is 2.33. The van der Waals surface area contributed by atoms with Crippen molar-refractivity contribution in [2.45, 2.75) is 37.8 Å². The van der Waals surface area contributed by atoms with Gasteiger partial charge < -0.3 is 10.2 Å². The summed E-state index contributed by atoms with van der Waals surface area (Å²) in [5.74, 6) is -1.02. The molecule has 1 N–H and O–H groups in total. The molecule has 0 aliphatic carbocycles. The lowest BCUT2D eigenvalue weighted by Crippen LogP contribution is -2.52. The van der Waals surface area contributed by atoms with Crippen LogP contribution in [-0.4, -0.2) is 44.3 Å². The zero-order valence-corrected chi connectivity index (χ0v) is 25.0. The molecule has 39 heavy (non-hydrogen) atoms. The Kier molecular flexibility index (Phi) is 10.9. The number of sulfonamides is 1. The van der Waals surface area contributed by atoms with E-state index < -0.39 is 28.5 Å². The van der Waals surface area contributed by atoms with Crippen LogP contribution in [0.4, 0.5) is 5.69 Å². The van der Waals surface area contributed by atoms with Crippen molar-refractivity contribution in [2.24, 2.45) is 0 Å². The number of nitrogens with zero attached hydrogens (tertiary/aromatic N) is 2. The van der Waals surface area contributed by atoms with E-state index in [2.05, 4.69) is 5.32 Å². The summed E-state index contributed by atoms with van der Waals surface area (Å²) in [4.78, 5) is 28.2. The summed E-state index contributed by atoms with van der Waals surface area (Å²) in [6, 6.07) is 15.9. The van der Waals surface area contributed by atoms with Crippen molar-refractivity contribution in [3.63, 3.8) is 0 Å². The summed E-state index contributed by atoms with van der Waals surface area (Å²) in [5.41, 5.74) is 0.562. The molecule has 0 aromatic heterocycles. The molecule has 1 atom stereocenters. The lowest BCUT2D eigenvalue weighted by molar-refractivity contribution is -0.140. The van der Waals surface area contributed by atoms with Crippen molar-refractivity contribution >= 4 is 73.9 Å². The van der Waals surface area contributed by atoms with Crippen molar-refractivity contribution in [3.8, 4) is 0 Å². The third kappa shape index (κ3) is 7.58. The minimum Gasteiger partial charge on any atom is -0.355 e. The fourth-order valence-corrected chi connectivity index (χ4v) is 6.31. The Hall–Kier alpha value is -2.49. The predicted octanol–water partition coefficient (Wildman–Crippen LogP) is 6.44. The second-order valence-electron chi connectivity index (χ2n) is 8.50. The van der Waals surface area contributed by atoms with E-state index in [1.165, 1.54) is 41.3 Å². The van der Waals surface area contributed by atoms with Gasteiger partial charge in [0.05, 0.1) is 15.6 Å². The highest BCUT2D eigenvalue weighted by Gasteiger charge is 2.34. The molecule has 1 unspecified atom stereocenters. The fraction of sp³-hybridized carbons (Fsp3) is 0.259. The Morgan fingerprint density at radius 1 is 0.872 bits per heavy atom. The lowest BCUT2D eigenvalue weighted by Gasteiger charge is -2.33. The monoisotopic (exact) mass is 629 g/mol. The largest absolute Gasteiger partial charge is 0.355 e. The molecule has 12 heteroatoms. The molecule has 0 spiro atoms. The van der Waals surface area contributed by atoms with Gasteiger partial charge in [-0.05, 0) is 61.4 Å². The minimum atomic E-state index is -4.27. The normalized spacial score (nSPS) is 12.1. The Balaban J connectivity index is 2.11. The first kappa shape index (κ1) is 31.0. The van der Waals surface area contributed by atoms with Gasteiger partial charge >= 0.3 is 0 Å². The van der Waals surface area contributed by atoms with Crippen molar-refractivity contribution < 1.29 is 18.0 Å². The number of rotatable bonds is 11. The van der Waals surface area contributed by atoms with Crippen LogP contribution >= 0.6 is 46.4 Å². The fourth-order valence-electron chi connectivity index (χ4n) is 3.95. The summed E-state index contributed by atoms with van der Waals surface area (Å²) in [6.45, 7) is 3.16. The number of amides is 2. The first-order valence-electron chi connectivity index (χ1n) is 12.0. The Morgan fingerprint density at radius 3 is 2.13 bits per heavy atom. The van der Waals surface area contributed by atoms with E-state index in [9.17, 15) is 18.0 Å². The number of likely N-dealkylation sites (N-methyl/N-ethyl adjacent to an activating group) is 1. The molecule has 0 bridgehead atoms. The number of halogens is 4. The topological polar surface area (TPSA) is 86.8 Å². The first-order valence-corrected chi connectivity index (χ1v) is 15.0. The molecule has 0 aliphatic heterocycles. The smallest absolute Gasteiger partial charge is 0.264 e. The molecule has 0 heterocycles. The standard InChI is InChI=1S/C27H27Cl4N3O4S/c1-3-24(27(36)32-4-2)33(16-18-10-11-19(28)14-23(18)31)26(35)17-34(25-15-20(29)12-13-22(25)30)39(37,38)21-8-6-5-7-9-21/h5-15,24H,3-4,16-17H2,1-2H3,(H,32,36). The molecular weight excluding hydrogens is 604 g/mol. The molecule has 7 nitrogen and oxygen atoms in total. The molecular formula is C27H27Cl4N3O4S. The number of nitrogens with one attached hydrogen (secondary N) is 1. The molecule has 3 aromatic carbocycles. The van der Waals surface area contributed by atoms with Crippen LogP contribution in [-0.2, 0) is 26.2 Å². The highest BCUT2D eigenvalue weighted by atomic mass is 35.5. The van der Waals surface area contributed by atoms with Crippen LogP contribution in [0.2, 0.25) is 20.1 Å². The third-order valence-corrected chi connectivity index (χ3v) is 8.80. The summed E-state index contributed by atoms with van der Waals surface area (Å²) in [7, 11) is -4.27. The molecule has 3 aromatic rings. The Morgan fingerprint density at radius 2 is 1.51 bits per heavy atom. The van der Waals surface area contributed by atoms with Crippen LogP contribution in [0.15, 0.2) is 71.6 Å². The summed E-state index contributed by atoms with van der Waals surface area (Å²) in [5, 5.41) is 3.76. The molecule has 3 rings (SSSR count). The van der Waals surface area contributed by atoms with Crippen LogP contribution in [0.1, 0.15) is 25.8 Å². The maximum atomic E-state index is 14.0. The number of carbonyl (C=O) groups excluding carboxylic acids is 2. The number of carbonyl (C=O) groups is 2. The molecule has 208 valence electrons. The average molecular weight is 631 g/mol. The quantitative estimate of drug-likeness (QED) is 0.264. The highest BCUT2D eigenvalue weighted by molar-refractivity contribution is 7.92. The number of hydrogen-bond donors (Lipinski definition) is 1. The van der Waals surface area contributed by atoms with Gasteiger partial charge in [-0.3, -0.25) is 13.9 Å². The predicted molar refractivity (Wildman–Crippen MR) is 157 cm³/mol. The van der Waals surface area contributed by atoms with Crippen molar-refractivity contribution in [3.05, 3.63) is 92.4 Å². The zero-order chi connectivity index (χ0) is 28.7. The third-order valence-electron chi connectivity index (χ3n) is 5.88. The van der Waals surface area contributed by atoms with Crippen molar-refractivity contribution in [1.82, 2.24) is 10.2 Å². The summed E-state index contributed by atoms with van der Waals surface area (Å²) < 4.78 is 28.5. The maximum Gasteiger partial charge on any atom is 0.264 e. The van der Waals surface area contributed by atoms with E-state index in [1.807, 2.05) is 0 Å². The lowest BCUT2D eigenvalue weighted by atomic mass is 10.1. The van der Waals surface area contributed by atoms with E-state index >= 15 is 0 Å². The minimum absolute atomic E-state index is 0.0249. The second-order valence-corrected chi connectivity index (χ2v) is 12.0. The van der Waals surface area contributed by atoms with Crippen molar-refractivity contribution in [2.75, 3.05) is 17.4 Å². The van der Waals surface area contributed by atoms with Crippen LogP contribution in [0.3, 0.4) is 0 Å². The van der Waals surface area contributed by atoms with E-state index in [1.54, 1.807) is 44.2 Å². The van der Waals surface area contributed by atoms with Crippen LogP contribution in [0.25, 0.3) is 0 Å². The first-order chi connectivity index (χ1) is 18.5. The van der Waals surface area contributed by atoms with Gasteiger partial charge in [0.25, 0.3) is 10.0 Å².